The molecule has 1 aromatic heterocycles. The van der Waals surface area contributed by atoms with Gasteiger partial charge in [-0.15, -0.1) is 0 Å². The molecule has 0 saturated heterocycles. The molecule has 0 amide bonds. The first-order chi connectivity index (χ1) is 11.6. The molecule has 0 N–H and O–H groups in total. The van der Waals surface area contributed by atoms with E-state index in [1.54, 1.807) is 0 Å². The van der Waals surface area contributed by atoms with Gasteiger partial charge in [-0.1, -0.05) is 69.3 Å². The average Bonchev–Trinajstić information content (AvgIpc) is 2.94. The van der Waals surface area contributed by atoms with Gasteiger partial charge in [0.25, 0.3) is 0 Å². The zero-order valence-electron chi connectivity index (χ0n) is 14.8. The molecule has 0 fully saturated rings. The minimum absolute atomic E-state index is 0.211. The lowest BCUT2D eigenvalue weighted by molar-refractivity contribution is 0.0481. The molecule has 3 rings (SSSR count). The minimum Gasteiger partial charge on any atom is -0.375 e. The maximum absolute atomic E-state index is 5.97. The van der Waals surface area contributed by atoms with E-state index in [1.165, 1.54) is 10.9 Å². The highest BCUT2D eigenvalue weighted by Crippen LogP contribution is 2.23. The summed E-state index contributed by atoms with van der Waals surface area (Å²) in [7, 11) is 0. The smallest absolute Gasteiger partial charge is 0.0960 e. The zero-order valence-corrected chi connectivity index (χ0v) is 14.8. The first-order valence-corrected chi connectivity index (χ1v) is 8.65. The molecular weight excluding hydrogens is 296 g/mol. The van der Waals surface area contributed by atoms with E-state index < -0.39 is 0 Å². The van der Waals surface area contributed by atoms with Crippen molar-refractivity contribution in [2.75, 3.05) is 6.61 Å². The van der Waals surface area contributed by atoms with E-state index in [0.29, 0.717) is 6.61 Å². The summed E-state index contributed by atoms with van der Waals surface area (Å²) in [6.07, 6.45) is 1.11. The maximum atomic E-state index is 5.97. The van der Waals surface area contributed by atoms with Gasteiger partial charge in [0.15, 0.2) is 0 Å². The SMILES string of the molecule is CCC(C)(C)COCc1nn(Cc2ccccc2)c2ccccc12. The Hall–Kier alpha value is -2.13. The van der Waals surface area contributed by atoms with Gasteiger partial charge in [-0.25, -0.2) is 0 Å². The highest BCUT2D eigenvalue weighted by molar-refractivity contribution is 5.81. The Morgan fingerprint density at radius 1 is 1.00 bits per heavy atom. The van der Waals surface area contributed by atoms with Gasteiger partial charge in [-0.2, -0.15) is 5.10 Å². The van der Waals surface area contributed by atoms with Crippen molar-refractivity contribution in [2.24, 2.45) is 5.41 Å². The molecule has 0 bridgehead atoms. The molecule has 0 atom stereocenters. The van der Waals surface area contributed by atoms with Crippen LogP contribution in [0.15, 0.2) is 54.6 Å². The van der Waals surface area contributed by atoms with Crippen LogP contribution in [0.4, 0.5) is 0 Å². The van der Waals surface area contributed by atoms with Crippen molar-refractivity contribution in [2.45, 2.75) is 40.3 Å². The van der Waals surface area contributed by atoms with Gasteiger partial charge in [-0.3, -0.25) is 4.68 Å². The Labute approximate surface area is 144 Å². The van der Waals surface area contributed by atoms with Crippen molar-refractivity contribution in [1.82, 2.24) is 9.78 Å². The van der Waals surface area contributed by atoms with Gasteiger partial charge in [0.05, 0.1) is 31.0 Å². The molecule has 24 heavy (non-hydrogen) atoms. The second kappa shape index (κ2) is 7.18. The van der Waals surface area contributed by atoms with E-state index in [4.69, 9.17) is 9.84 Å². The van der Waals surface area contributed by atoms with Gasteiger partial charge in [0.2, 0.25) is 0 Å². The molecular formula is C21H26N2O. The summed E-state index contributed by atoms with van der Waals surface area (Å²) in [5.74, 6) is 0. The van der Waals surface area contributed by atoms with Crippen LogP contribution >= 0.6 is 0 Å². The lowest BCUT2D eigenvalue weighted by Gasteiger charge is -2.21. The van der Waals surface area contributed by atoms with Gasteiger partial charge in [-0.05, 0) is 23.5 Å². The van der Waals surface area contributed by atoms with E-state index >= 15 is 0 Å². The molecule has 2 aromatic carbocycles. The molecule has 0 saturated carbocycles. The number of ether oxygens (including phenoxy) is 1. The lowest BCUT2D eigenvalue weighted by atomic mass is 9.92. The molecule has 126 valence electrons. The molecule has 0 unspecified atom stereocenters. The second-order valence-electron chi connectivity index (χ2n) is 7.12. The van der Waals surface area contributed by atoms with Gasteiger partial charge in [0, 0.05) is 5.39 Å². The quantitative estimate of drug-likeness (QED) is 0.609. The fourth-order valence-electron chi connectivity index (χ4n) is 2.71. The molecule has 3 heteroatoms. The fourth-order valence-corrected chi connectivity index (χ4v) is 2.71. The van der Waals surface area contributed by atoms with Crippen LogP contribution in [0.25, 0.3) is 10.9 Å². The Balaban J connectivity index is 1.81. The van der Waals surface area contributed by atoms with E-state index in [0.717, 1.165) is 30.8 Å². The van der Waals surface area contributed by atoms with Crippen LogP contribution in [0.2, 0.25) is 0 Å². The van der Waals surface area contributed by atoms with Crippen LogP contribution in [0, 0.1) is 5.41 Å². The molecule has 0 radical (unpaired) electrons. The number of rotatable bonds is 7. The van der Waals surface area contributed by atoms with Crippen LogP contribution in [0.5, 0.6) is 0 Å². The number of fused-ring (bicyclic) bond motifs is 1. The first kappa shape index (κ1) is 16.7. The fraction of sp³-hybridized carbons (Fsp3) is 0.381. The van der Waals surface area contributed by atoms with Gasteiger partial charge in [0.1, 0.15) is 0 Å². The highest BCUT2D eigenvalue weighted by Gasteiger charge is 2.16. The van der Waals surface area contributed by atoms with Crippen molar-refractivity contribution in [3.8, 4) is 0 Å². The summed E-state index contributed by atoms with van der Waals surface area (Å²) in [4.78, 5) is 0. The number of hydrogen-bond acceptors (Lipinski definition) is 2. The number of aromatic nitrogens is 2. The number of benzene rings is 2. The van der Waals surface area contributed by atoms with Crippen LogP contribution in [-0.4, -0.2) is 16.4 Å². The molecule has 3 nitrogen and oxygen atoms in total. The lowest BCUT2D eigenvalue weighted by Crippen LogP contribution is -2.18. The van der Waals surface area contributed by atoms with Gasteiger partial charge >= 0.3 is 0 Å². The summed E-state index contributed by atoms with van der Waals surface area (Å²) >= 11 is 0. The molecule has 3 aromatic rings. The third-order valence-corrected chi connectivity index (χ3v) is 4.60. The summed E-state index contributed by atoms with van der Waals surface area (Å²) in [6, 6.07) is 18.8. The summed E-state index contributed by atoms with van der Waals surface area (Å²) in [5, 5.41) is 6.00. The van der Waals surface area contributed by atoms with Crippen molar-refractivity contribution >= 4 is 10.9 Å². The normalized spacial score (nSPS) is 12.0. The Morgan fingerprint density at radius 3 is 2.46 bits per heavy atom. The average molecular weight is 322 g/mol. The first-order valence-electron chi connectivity index (χ1n) is 8.65. The number of nitrogens with zero attached hydrogens (tertiary/aromatic N) is 2. The minimum atomic E-state index is 0.211. The third kappa shape index (κ3) is 3.85. The molecule has 0 aliphatic carbocycles. The van der Waals surface area contributed by atoms with Crippen LogP contribution in [-0.2, 0) is 17.9 Å². The largest absolute Gasteiger partial charge is 0.375 e. The summed E-state index contributed by atoms with van der Waals surface area (Å²) in [5.41, 5.74) is 3.65. The number of para-hydroxylation sites is 1. The van der Waals surface area contributed by atoms with E-state index in [-0.39, 0.29) is 5.41 Å². The van der Waals surface area contributed by atoms with Crippen LogP contribution in [0.1, 0.15) is 38.4 Å². The van der Waals surface area contributed by atoms with Crippen molar-refractivity contribution < 1.29 is 4.74 Å². The Morgan fingerprint density at radius 2 is 1.71 bits per heavy atom. The van der Waals surface area contributed by atoms with Crippen molar-refractivity contribution in [3.05, 3.63) is 65.9 Å². The molecule has 0 aliphatic rings. The van der Waals surface area contributed by atoms with E-state index in [2.05, 4.69) is 74.0 Å². The van der Waals surface area contributed by atoms with Crippen LogP contribution in [0.3, 0.4) is 0 Å². The summed E-state index contributed by atoms with van der Waals surface area (Å²) < 4.78 is 8.05. The maximum Gasteiger partial charge on any atom is 0.0960 e. The third-order valence-electron chi connectivity index (χ3n) is 4.60. The van der Waals surface area contributed by atoms with Crippen molar-refractivity contribution in [3.63, 3.8) is 0 Å². The summed E-state index contributed by atoms with van der Waals surface area (Å²) in [6.45, 7) is 8.77. The zero-order chi connectivity index (χ0) is 17.0. The monoisotopic (exact) mass is 322 g/mol. The standard InChI is InChI=1S/C21H26N2O/c1-4-21(2,3)16-24-15-19-18-12-8-9-13-20(18)23(22-19)14-17-10-6-5-7-11-17/h5-13H,4,14-16H2,1-3H3. The Bertz CT molecular complexity index is 790. The van der Waals surface area contributed by atoms with Crippen LogP contribution < -0.4 is 0 Å². The topological polar surface area (TPSA) is 27.1 Å². The second-order valence-corrected chi connectivity index (χ2v) is 7.12. The highest BCUT2D eigenvalue weighted by atomic mass is 16.5. The predicted octanol–water partition coefficient (Wildman–Crippen LogP) is 5.04. The Kier molecular flexibility index (Phi) is 5.00. The molecule has 0 spiro atoms. The van der Waals surface area contributed by atoms with Crippen molar-refractivity contribution in [1.29, 1.82) is 0 Å². The van der Waals surface area contributed by atoms with E-state index in [9.17, 15) is 0 Å². The van der Waals surface area contributed by atoms with Gasteiger partial charge < -0.3 is 4.74 Å². The molecule has 0 aliphatic heterocycles. The van der Waals surface area contributed by atoms with E-state index in [1.807, 2.05) is 6.07 Å². The molecule has 1 heterocycles. The number of hydrogen-bond donors (Lipinski definition) is 0. The predicted molar refractivity (Wildman–Crippen MR) is 99.0 cm³/mol.